The van der Waals surface area contributed by atoms with Gasteiger partial charge in [0.1, 0.15) is 5.75 Å². The van der Waals surface area contributed by atoms with E-state index in [0.717, 1.165) is 5.69 Å². The smallest absolute Gasteiger partial charge is 0.308 e. The van der Waals surface area contributed by atoms with Crippen LogP contribution in [0.3, 0.4) is 0 Å². The van der Waals surface area contributed by atoms with Crippen molar-refractivity contribution in [3.8, 4) is 11.4 Å². The van der Waals surface area contributed by atoms with Crippen LogP contribution in [0, 0.1) is 0 Å². The second kappa shape index (κ2) is 7.30. The van der Waals surface area contributed by atoms with Crippen LogP contribution < -0.4 is 4.74 Å². The van der Waals surface area contributed by atoms with Crippen LogP contribution in [-0.2, 0) is 16.0 Å². The Bertz CT molecular complexity index is 651. The highest BCUT2D eigenvalue weighted by Crippen LogP contribution is 2.16. The van der Waals surface area contributed by atoms with Crippen molar-refractivity contribution in [3.63, 3.8) is 0 Å². The molecule has 1 aromatic heterocycles. The fourth-order valence-corrected chi connectivity index (χ4v) is 1.94. The summed E-state index contributed by atoms with van der Waals surface area (Å²) < 4.78 is 6.54. The topological polar surface area (TPSA) is 107 Å². The molecule has 0 aliphatic heterocycles. The van der Waals surface area contributed by atoms with E-state index in [9.17, 15) is 9.59 Å². The van der Waals surface area contributed by atoms with Crippen molar-refractivity contribution in [2.75, 3.05) is 0 Å². The Labute approximate surface area is 126 Å². The van der Waals surface area contributed by atoms with E-state index in [1.807, 2.05) is 0 Å². The molecule has 2 rings (SSSR count). The van der Waals surface area contributed by atoms with E-state index in [4.69, 9.17) is 9.84 Å². The first-order valence-corrected chi connectivity index (χ1v) is 6.84. The fraction of sp³-hybridized carbons (Fsp3) is 0.357. The average Bonchev–Trinajstić information content (AvgIpc) is 2.92. The predicted molar refractivity (Wildman–Crippen MR) is 75.7 cm³/mol. The number of aromatic nitrogens is 4. The zero-order chi connectivity index (χ0) is 15.9. The third kappa shape index (κ3) is 4.37. The van der Waals surface area contributed by atoms with Crippen LogP contribution in [0.2, 0.25) is 0 Å². The Hall–Kier alpha value is -2.77. The van der Waals surface area contributed by atoms with Crippen molar-refractivity contribution < 1.29 is 19.4 Å². The van der Waals surface area contributed by atoms with Crippen LogP contribution in [0.5, 0.6) is 5.75 Å². The van der Waals surface area contributed by atoms with Crippen molar-refractivity contribution in [1.29, 1.82) is 0 Å². The van der Waals surface area contributed by atoms with Crippen molar-refractivity contribution in [1.82, 2.24) is 20.2 Å². The molecule has 0 bridgehead atoms. The lowest BCUT2D eigenvalue weighted by atomic mass is 10.2. The molecule has 1 aromatic carbocycles. The summed E-state index contributed by atoms with van der Waals surface area (Å²) in [6, 6.07) is 6.81. The summed E-state index contributed by atoms with van der Waals surface area (Å²) in [6.45, 7) is 1.34. The monoisotopic (exact) mass is 304 g/mol. The Morgan fingerprint density at radius 1 is 1.23 bits per heavy atom. The molecule has 8 heteroatoms. The summed E-state index contributed by atoms with van der Waals surface area (Å²) in [5, 5.41) is 20.1. The number of aliphatic carboxylic acids is 1. The largest absolute Gasteiger partial charge is 0.481 e. The van der Waals surface area contributed by atoms with Crippen molar-refractivity contribution in [2.24, 2.45) is 0 Å². The lowest BCUT2D eigenvalue weighted by Gasteiger charge is -2.06. The van der Waals surface area contributed by atoms with Crippen LogP contribution in [0.25, 0.3) is 5.69 Å². The average molecular weight is 304 g/mol. The molecule has 0 aliphatic rings. The van der Waals surface area contributed by atoms with Gasteiger partial charge in [0.25, 0.3) is 0 Å². The fourth-order valence-electron chi connectivity index (χ4n) is 1.94. The third-order valence-electron chi connectivity index (χ3n) is 2.92. The highest BCUT2D eigenvalue weighted by Gasteiger charge is 2.09. The maximum Gasteiger partial charge on any atom is 0.308 e. The maximum atomic E-state index is 10.9. The minimum absolute atomic E-state index is 0.138. The van der Waals surface area contributed by atoms with E-state index in [0.29, 0.717) is 30.8 Å². The molecule has 8 nitrogen and oxygen atoms in total. The first-order valence-electron chi connectivity index (χ1n) is 6.84. The SMILES string of the molecule is CC(=O)Oc1ccc(-n2nnnc2CCCCC(=O)O)cc1. The molecular weight excluding hydrogens is 288 g/mol. The molecule has 0 amide bonds. The zero-order valence-corrected chi connectivity index (χ0v) is 12.1. The number of rotatable bonds is 7. The van der Waals surface area contributed by atoms with Gasteiger partial charge in [-0.15, -0.1) is 5.10 Å². The van der Waals surface area contributed by atoms with Crippen molar-refractivity contribution in [2.45, 2.75) is 32.6 Å². The molecule has 116 valence electrons. The number of ether oxygens (including phenoxy) is 1. The highest BCUT2D eigenvalue weighted by atomic mass is 16.5. The number of benzene rings is 1. The minimum Gasteiger partial charge on any atom is -0.481 e. The molecule has 2 aromatic rings. The molecule has 0 fully saturated rings. The first kappa shape index (κ1) is 15.6. The van der Waals surface area contributed by atoms with Gasteiger partial charge >= 0.3 is 11.9 Å². The standard InChI is InChI=1S/C14H16N4O4/c1-10(19)22-12-8-6-11(7-9-12)18-13(15-16-17-18)4-2-3-5-14(20)21/h6-9H,2-5H2,1H3,(H,20,21). The van der Waals surface area contributed by atoms with Crippen LogP contribution in [0.15, 0.2) is 24.3 Å². The van der Waals surface area contributed by atoms with Gasteiger partial charge in [-0.2, -0.15) is 4.68 Å². The summed E-state index contributed by atoms with van der Waals surface area (Å²) in [7, 11) is 0. The van der Waals surface area contributed by atoms with Gasteiger partial charge in [0.15, 0.2) is 5.82 Å². The quantitative estimate of drug-likeness (QED) is 0.468. The number of esters is 1. The second-order valence-corrected chi connectivity index (χ2v) is 4.70. The number of carboxylic acids is 1. The lowest BCUT2D eigenvalue weighted by molar-refractivity contribution is -0.137. The van der Waals surface area contributed by atoms with Gasteiger partial charge in [-0.25, -0.2) is 0 Å². The van der Waals surface area contributed by atoms with E-state index in [2.05, 4.69) is 15.5 Å². The number of aryl methyl sites for hydroxylation is 1. The van der Waals surface area contributed by atoms with E-state index in [-0.39, 0.29) is 12.4 Å². The summed E-state index contributed by atoms with van der Waals surface area (Å²) in [6.07, 6.45) is 2.00. The van der Waals surface area contributed by atoms with Crippen LogP contribution in [0.1, 0.15) is 32.0 Å². The molecule has 0 spiro atoms. The number of nitrogens with zero attached hydrogens (tertiary/aromatic N) is 4. The van der Waals surface area contributed by atoms with E-state index in [1.165, 1.54) is 6.92 Å². The van der Waals surface area contributed by atoms with Gasteiger partial charge < -0.3 is 9.84 Å². The molecule has 0 saturated carbocycles. The van der Waals surface area contributed by atoms with Crippen molar-refractivity contribution in [3.05, 3.63) is 30.1 Å². The Kier molecular flexibility index (Phi) is 5.18. The van der Waals surface area contributed by atoms with E-state index >= 15 is 0 Å². The molecule has 1 heterocycles. The molecule has 0 aliphatic carbocycles. The first-order chi connectivity index (χ1) is 10.6. The number of hydrogen-bond donors (Lipinski definition) is 1. The predicted octanol–water partition coefficient (Wildman–Crippen LogP) is 1.39. The van der Waals surface area contributed by atoms with Gasteiger partial charge in [0.2, 0.25) is 0 Å². The molecule has 0 unspecified atom stereocenters. The summed E-state index contributed by atoms with van der Waals surface area (Å²) in [5.41, 5.74) is 0.745. The number of hydrogen-bond acceptors (Lipinski definition) is 6. The second-order valence-electron chi connectivity index (χ2n) is 4.70. The number of carbonyl (C=O) groups is 2. The third-order valence-corrected chi connectivity index (χ3v) is 2.92. The van der Waals surface area contributed by atoms with Gasteiger partial charge in [0, 0.05) is 19.8 Å². The van der Waals surface area contributed by atoms with Crippen molar-refractivity contribution >= 4 is 11.9 Å². The molecule has 0 radical (unpaired) electrons. The summed E-state index contributed by atoms with van der Waals surface area (Å²) in [5.74, 6) is -0.0760. The van der Waals surface area contributed by atoms with Crippen LogP contribution in [0.4, 0.5) is 0 Å². The number of carbonyl (C=O) groups excluding carboxylic acids is 1. The van der Waals surface area contributed by atoms with E-state index < -0.39 is 5.97 Å². The Morgan fingerprint density at radius 3 is 2.59 bits per heavy atom. The van der Waals surface area contributed by atoms with Crippen LogP contribution in [-0.4, -0.2) is 37.3 Å². The molecule has 1 N–H and O–H groups in total. The summed E-state index contributed by atoms with van der Waals surface area (Å²) >= 11 is 0. The molecular formula is C14H16N4O4. The van der Waals surface area contributed by atoms with Crippen LogP contribution >= 0.6 is 0 Å². The number of unbranched alkanes of at least 4 members (excludes halogenated alkanes) is 1. The molecule has 0 atom stereocenters. The Balaban J connectivity index is 2.02. The zero-order valence-electron chi connectivity index (χ0n) is 12.1. The highest BCUT2D eigenvalue weighted by molar-refractivity contribution is 5.69. The van der Waals surface area contributed by atoms with Gasteiger partial charge in [-0.05, 0) is 47.5 Å². The lowest BCUT2D eigenvalue weighted by Crippen LogP contribution is -2.05. The summed E-state index contributed by atoms with van der Waals surface area (Å²) in [4.78, 5) is 21.3. The molecule has 0 saturated heterocycles. The number of carboxylic acid groups (broad SMARTS) is 1. The maximum absolute atomic E-state index is 10.9. The van der Waals surface area contributed by atoms with Gasteiger partial charge in [0.05, 0.1) is 5.69 Å². The molecule has 22 heavy (non-hydrogen) atoms. The van der Waals surface area contributed by atoms with Gasteiger partial charge in [-0.3, -0.25) is 9.59 Å². The van der Waals surface area contributed by atoms with E-state index in [1.54, 1.807) is 28.9 Å². The normalized spacial score (nSPS) is 10.4. The number of tetrazole rings is 1. The minimum atomic E-state index is -0.805. The Morgan fingerprint density at radius 2 is 1.95 bits per heavy atom. The van der Waals surface area contributed by atoms with Gasteiger partial charge in [-0.1, -0.05) is 0 Å².